The highest BCUT2D eigenvalue weighted by atomic mass is 19.1. The maximum Gasteiger partial charge on any atom is 0.230 e. The molecule has 11 heavy (non-hydrogen) atoms. The molecule has 0 radical (unpaired) electrons. The van der Waals surface area contributed by atoms with E-state index >= 15 is 0 Å². The maximum atomic E-state index is 11.8. The summed E-state index contributed by atoms with van der Waals surface area (Å²) in [6, 6.07) is 8.78. The van der Waals surface area contributed by atoms with Crippen molar-refractivity contribution in [1.82, 2.24) is 0 Å². The highest BCUT2D eigenvalue weighted by Gasteiger charge is 1.99. The Kier molecular flexibility index (Phi) is 2.86. The minimum Gasteiger partial charge on any atom is -0.488 e. The molecule has 0 bridgehead atoms. The number of halogens is 1. The summed E-state index contributed by atoms with van der Waals surface area (Å²) in [5, 5.41) is 8.22. The summed E-state index contributed by atoms with van der Waals surface area (Å²) >= 11 is 0. The highest BCUT2D eigenvalue weighted by molar-refractivity contribution is 5.20. The van der Waals surface area contributed by atoms with Crippen molar-refractivity contribution in [3.63, 3.8) is 0 Å². The summed E-state index contributed by atoms with van der Waals surface area (Å²) in [6.45, 7) is -0.315. The van der Waals surface area contributed by atoms with E-state index in [9.17, 15) is 4.39 Å². The second-order valence-corrected chi connectivity index (χ2v) is 2.06. The lowest BCUT2D eigenvalue weighted by Gasteiger charge is -2.04. The van der Waals surface area contributed by atoms with Crippen LogP contribution >= 0.6 is 0 Å². The third kappa shape index (κ3) is 3.00. The van der Waals surface area contributed by atoms with Crippen LogP contribution in [0.1, 0.15) is 0 Å². The number of ether oxygens (including phenoxy) is 1. The van der Waals surface area contributed by atoms with Gasteiger partial charge < -0.3 is 9.84 Å². The maximum absolute atomic E-state index is 11.8. The Morgan fingerprint density at radius 2 is 2.00 bits per heavy atom. The van der Waals surface area contributed by atoms with Gasteiger partial charge in [-0.2, -0.15) is 0 Å². The van der Waals surface area contributed by atoms with Gasteiger partial charge in [0.2, 0.25) is 6.36 Å². The fraction of sp³-hybridized carbons (Fsp3) is 0.250. The monoisotopic (exact) mass is 156 g/mol. The molecule has 0 aliphatic carbocycles. The lowest BCUT2D eigenvalue weighted by molar-refractivity contribution is 0.00112. The summed E-state index contributed by atoms with van der Waals surface area (Å²) in [6.07, 6.45) is -1.91. The average molecular weight is 156 g/mol. The largest absolute Gasteiger partial charge is 0.488 e. The van der Waals surface area contributed by atoms with E-state index in [2.05, 4.69) is 0 Å². The van der Waals surface area contributed by atoms with Crippen molar-refractivity contribution in [2.45, 2.75) is 6.36 Å². The zero-order chi connectivity index (χ0) is 8.10. The van der Waals surface area contributed by atoms with Crippen molar-refractivity contribution in [2.24, 2.45) is 0 Å². The molecule has 0 spiro atoms. The lowest BCUT2D eigenvalue weighted by atomic mass is 10.3. The average Bonchev–Trinajstić information content (AvgIpc) is 2.03. The summed E-state index contributed by atoms with van der Waals surface area (Å²) in [5.41, 5.74) is 0. The summed E-state index contributed by atoms with van der Waals surface area (Å²) < 4.78 is 16.7. The first-order valence-electron chi connectivity index (χ1n) is 3.29. The Morgan fingerprint density at radius 1 is 1.36 bits per heavy atom. The number of benzene rings is 1. The molecule has 1 N–H and O–H groups in total. The molecule has 0 heterocycles. The number of rotatable bonds is 3. The first-order chi connectivity index (χ1) is 5.29. The number of hydrogen-bond donors (Lipinski definition) is 1. The predicted octanol–water partition coefficient (Wildman–Crippen LogP) is 1.35. The standard InChI is InChI=1S/C8H9FO2/c9-8(10)6-11-7-4-2-1-3-5-7/h1-5,8,10H,6H2. The molecular weight excluding hydrogens is 147 g/mol. The molecule has 1 rings (SSSR count). The van der Waals surface area contributed by atoms with E-state index in [0.29, 0.717) is 5.75 Å². The smallest absolute Gasteiger partial charge is 0.230 e. The summed E-state index contributed by atoms with van der Waals surface area (Å²) in [4.78, 5) is 0. The summed E-state index contributed by atoms with van der Waals surface area (Å²) in [7, 11) is 0. The predicted molar refractivity (Wildman–Crippen MR) is 39.1 cm³/mol. The number of para-hydroxylation sites is 1. The van der Waals surface area contributed by atoms with Gasteiger partial charge in [-0.05, 0) is 12.1 Å². The Hall–Kier alpha value is -1.09. The molecule has 1 atom stereocenters. The number of alkyl halides is 1. The fourth-order valence-electron chi connectivity index (χ4n) is 0.682. The van der Waals surface area contributed by atoms with E-state index in [1.54, 1.807) is 24.3 Å². The molecule has 2 nitrogen and oxygen atoms in total. The van der Waals surface area contributed by atoms with Crippen LogP contribution in [-0.2, 0) is 0 Å². The van der Waals surface area contributed by atoms with Crippen LogP contribution in [0.2, 0.25) is 0 Å². The first kappa shape index (κ1) is 8.01. The van der Waals surface area contributed by atoms with Gasteiger partial charge in [0.15, 0.2) is 0 Å². The van der Waals surface area contributed by atoms with Crippen molar-refractivity contribution < 1.29 is 14.2 Å². The Labute approximate surface area is 64.2 Å². The fourth-order valence-corrected chi connectivity index (χ4v) is 0.682. The van der Waals surface area contributed by atoms with Gasteiger partial charge in [-0.3, -0.25) is 0 Å². The van der Waals surface area contributed by atoms with Gasteiger partial charge in [-0.15, -0.1) is 0 Å². The minimum absolute atomic E-state index is 0.315. The van der Waals surface area contributed by atoms with E-state index in [0.717, 1.165) is 0 Å². The third-order valence-corrected chi connectivity index (χ3v) is 1.13. The van der Waals surface area contributed by atoms with Gasteiger partial charge in [-0.1, -0.05) is 18.2 Å². The van der Waals surface area contributed by atoms with E-state index in [4.69, 9.17) is 9.84 Å². The second-order valence-electron chi connectivity index (χ2n) is 2.06. The third-order valence-electron chi connectivity index (χ3n) is 1.13. The van der Waals surface area contributed by atoms with Gasteiger partial charge in [0.05, 0.1) is 0 Å². The van der Waals surface area contributed by atoms with Crippen molar-refractivity contribution >= 4 is 0 Å². The summed E-state index contributed by atoms with van der Waals surface area (Å²) in [5.74, 6) is 0.559. The molecule has 0 saturated heterocycles. The van der Waals surface area contributed by atoms with E-state index in [1.165, 1.54) is 0 Å². The van der Waals surface area contributed by atoms with Crippen LogP contribution in [0.25, 0.3) is 0 Å². The van der Waals surface area contributed by atoms with Crippen molar-refractivity contribution in [1.29, 1.82) is 0 Å². The molecule has 0 aliphatic rings. The van der Waals surface area contributed by atoms with Crippen molar-refractivity contribution in [2.75, 3.05) is 6.61 Å². The molecule has 0 aliphatic heterocycles. The van der Waals surface area contributed by atoms with Gasteiger partial charge in [0.1, 0.15) is 12.4 Å². The molecule has 60 valence electrons. The van der Waals surface area contributed by atoms with Crippen molar-refractivity contribution in [3.8, 4) is 5.75 Å². The first-order valence-corrected chi connectivity index (χ1v) is 3.29. The van der Waals surface area contributed by atoms with Crippen LogP contribution in [0, 0.1) is 0 Å². The van der Waals surface area contributed by atoms with Gasteiger partial charge >= 0.3 is 0 Å². The number of aliphatic hydroxyl groups is 1. The Balaban J connectivity index is 2.39. The van der Waals surface area contributed by atoms with Crippen LogP contribution < -0.4 is 4.74 Å². The number of aliphatic hydroxyl groups excluding tert-OH is 1. The molecule has 0 fully saturated rings. The molecule has 0 aromatic heterocycles. The SMILES string of the molecule is OC(F)COc1ccccc1. The van der Waals surface area contributed by atoms with Crippen LogP contribution in [0.3, 0.4) is 0 Å². The van der Waals surface area contributed by atoms with Crippen LogP contribution in [0.4, 0.5) is 4.39 Å². The zero-order valence-electron chi connectivity index (χ0n) is 5.90. The minimum atomic E-state index is -1.91. The van der Waals surface area contributed by atoms with Crippen LogP contribution in [0.5, 0.6) is 5.75 Å². The Morgan fingerprint density at radius 3 is 2.55 bits per heavy atom. The topological polar surface area (TPSA) is 29.5 Å². The van der Waals surface area contributed by atoms with Gasteiger partial charge in [-0.25, -0.2) is 4.39 Å². The zero-order valence-corrected chi connectivity index (χ0v) is 5.90. The molecule has 1 aromatic rings. The molecule has 0 amide bonds. The molecule has 1 aromatic carbocycles. The second kappa shape index (κ2) is 3.93. The number of hydrogen-bond acceptors (Lipinski definition) is 2. The Bertz CT molecular complexity index is 199. The van der Waals surface area contributed by atoms with Gasteiger partial charge in [0.25, 0.3) is 0 Å². The van der Waals surface area contributed by atoms with Crippen LogP contribution in [-0.4, -0.2) is 18.1 Å². The molecular formula is C8H9FO2. The lowest BCUT2D eigenvalue weighted by Crippen LogP contribution is -2.11. The van der Waals surface area contributed by atoms with Crippen molar-refractivity contribution in [3.05, 3.63) is 30.3 Å². The van der Waals surface area contributed by atoms with E-state index in [-0.39, 0.29) is 6.61 Å². The molecule has 1 unspecified atom stereocenters. The normalized spacial score (nSPS) is 12.5. The quantitative estimate of drug-likeness (QED) is 0.715. The highest BCUT2D eigenvalue weighted by Crippen LogP contribution is 2.08. The van der Waals surface area contributed by atoms with E-state index < -0.39 is 6.36 Å². The van der Waals surface area contributed by atoms with Gasteiger partial charge in [0, 0.05) is 0 Å². The molecule has 0 saturated carbocycles. The van der Waals surface area contributed by atoms with E-state index in [1.807, 2.05) is 6.07 Å². The molecule has 3 heteroatoms. The van der Waals surface area contributed by atoms with Crippen LogP contribution in [0.15, 0.2) is 30.3 Å².